The van der Waals surface area contributed by atoms with Crippen molar-refractivity contribution in [1.29, 1.82) is 0 Å². The van der Waals surface area contributed by atoms with Gasteiger partial charge in [0.2, 0.25) is 0 Å². The van der Waals surface area contributed by atoms with Gasteiger partial charge >= 0.3 is 0 Å². The summed E-state index contributed by atoms with van der Waals surface area (Å²) in [6, 6.07) is 1.72. The van der Waals surface area contributed by atoms with Gasteiger partial charge in [-0.15, -0.1) is 0 Å². The molecule has 0 aliphatic rings. The van der Waals surface area contributed by atoms with Gasteiger partial charge in [0.15, 0.2) is 5.76 Å². The Morgan fingerprint density at radius 1 is 1.80 bits per heavy atom. The minimum atomic E-state index is -0.0623. The summed E-state index contributed by atoms with van der Waals surface area (Å²) in [5, 5.41) is 15.1. The van der Waals surface area contributed by atoms with Crippen LogP contribution < -0.4 is 5.32 Å². The van der Waals surface area contributed by atoms with Crippen LogP contribution in [0.25, 0.3) is 0 Å². The first kappa shape index (κ1) is 7.24. The zero-order valence-electron chi connectivity index (χ0n) is 5.79. The summed E-state index contributed by atoms with van der Waals surface area (Å²) in [4.78, 5) is 0. The number of nitrogens with zero attached hydrogens (tertiary/aromatic N) is 1. The molecule has 0 bridgehead atoms. The number of rotatable bonds is 3. The van der Waals surface area contributed by atoms with E-state index in [4.69, 9.17) is 9.63 Å². The second-order valence-electron chi connectivity index (χ2n) is 1.97. The normalized spacial score (nSPS) is 10.2. The van der Waals surface area contributed by atoms with E-state index < -0.39 is 0 Å². The van der Waals surface area contributed by atoms with Crippen LogP contribution in [-0.2, 0) is 13.2 Å². The highest BCUT2D eigenvalue weighted by atomic mass is 16.5. The van der Waals surface area contributed by atoms with Gasteiger partial charge in [0.05, 0.1) is 13.2 Å². The summed E-state index contributed by atoms with van der Waals surface area (Å²) in [6.07, 6.45) is 0. The van der Waals surface area contributed by atoms with E-state index in [0.29, 0.717) is 12.2 Å². The van der Waals surface area contributed by atoms with Crippen molar-refractivity contribution in [2.24, 2.45) is 0 Å². The highest BCUT2D eigenvalue weighted by molar-refractivity contribution is 5.03. The monoisotopic (exact) mass is 142 g/mol. The Kier molecular flexibility index (Phi) is 2.42. The van der Waals surface area contributed by atoms with Gasteiger partial charge in [-0.1, -0.05) is 5.16 Å². The number of aliphatic hydroxyl groups excluding tert-OH is 1. The molecule has 10 heavy (non-hydrogen) atoms. The van der Waals surface area contributed by atoms with Gasteiger partial charge < -0.3 is 14.9 Å². The fraction of sp³-hybridized carbons (Fsp3) is 0.500. The van der Waals surface area contributed by atoms with Gasteiger partial charge in [-0.3, -0.25) is 0 Å². The second kappa shape index (κ2) is 3.34. The smallest absolute Gasteiger partial charge is 0.150 e. The Hall–Kier alpha value is -0.870. The summed E-state index contributed by atoms with van der Waals surface area (Å²) in [7, 11) is 1.82. The third kappa shape index (κ3) is 1.55. The van der Waals surface area contributed by atoms with E-state index in [2.05, 4.69) is 10.5 Å². The maximum atomic E-state index is 8.58. The molecule has 4 nitrogen and oxygen atoms in total. The molecule has 1 heterocycles. The number of hydrogen-bond donors (Lipinski definition) is 2. The SMILES string of the molecule is CNCc1cc(CO)no1. The Bertz CT molecular complexity index is 197. The maximum absolute atomic E-state index is 8.58. The molecule has 0 aromatic carbocycles. The van der Waals surface area contributed by atoms with Crippen molar-refractivity contribution in [3.63, 3.8) is 0 Å². The van der Waals surface area contributed by atoms with Crippen LogP contribution in [0, 0.1) is 0 Å². The molecule has 0 amide bonds. The molecule has 0 saturated carbocycles. The van der Waals surface area contributed by atoms with Crippen molar-refractivity contribution < 1.29 is 9.63 Å². The van der Waals surface area contributed by atoms with Crippen LogP contribution in [-0.4, -0.2) is 17.3 Å². The van der Waals surface area contributed by atoms with Crippen LogP contribution >= 0.6 is 0 Å². The molecule has 4 heteroatoms. The molecule has 0 radical (unpaired) electrons. The molecular weight excluding hydrogens is 132 g/mol. The minimum absolute atomic E-state index is 0.0623. The largest absolute Gasteiger partial charge is 0.390 e. The van der Waals surface area contributed by atoms with E-state index in [0.717, 1.165) is 5.76 Å². The summed E-state index contributed by atoms with van der Waals surface area (Å²) in [5.74, 6) is 0.742. The van der Waals surface area contributed by atoms with Crippen LogP contribution in [0.5, 0.6) is 0 Å². The lowest BCUT2D eigenvalue weighted by Gasteiger charge is -1.87. The lowest BCUT2D eigenvalue weighted by Crippen LogP contribution is -2.03. The Labute approximate surface area is 58.8 Å². The van der Waals surface area contributed by atoms with Crippen molar-refractivity contribution >= 4 is 0 Å². The van der Waals surface area contributed by atoms with Crippen LogP contribution in [0.1, 0.15) is 11.5 Å². The number of nitrogens with one attached hydrogen (secondary N) is 1. The van der Waals surface area contributed by atoms with Crippen LogP contribution in [0.15, 0.2) is 10.6 Å². The Balaban J connectivity index is 2.59. The average molecular weight is 142 g/mol. The van der Waals surface area contributed by atoms with E-state index >= 15 is 0 Å². The van der Waals surface area contributed by atoms with E-state index in [9.17, 15) is 0 Å². The van der Waals surface area contributed by atoms with E-state index in [1.54, 1.807) is 6.07 Å². The van der Waals surface area contributed by atoms with Gasteiger partial charge in [0.1, 0.15) is 5.69 Å². The van der Waals surface area contributed by atoms with E-state index in [1.165, 1.54) is 0 Å². The maximum Gasteiger partial charge on any atom is 0.150 e. The highest BCUT2D eigenvalue weighted by Gasteiger charge is 1.99. The zero-order valence-corrected chi connectivity index (χ0v) is 5.79. The highest BCUT2D eigenvalue weighted by Crippen LogP contribution is 2.01. The molecule has 0 atom stereocenters. The van der Waals surface area contributed by atoms with Gasteiger partial charge in [0.25, 0.3) is 0 Å². The fourth-order valence-electron chi connectivity index (χ4n) is 0.688. The summed E-state index contributed by atoms with van der Waals surface area (Å²) >= 11 is 0. The topological polar surface area (TPSA) is 58.3 Å². The van der Waals surface area contributed by atoms with Crippen molar-refractivity contribution in [2.45, 2.75) is 13.2 Å². The van der Waals surface area contributed by atoms with Gasteiger partial charge in [-0.25, -0.2) is 0 Å². The predicted molar refractivity (Wildman–Crippen MR) is 35.2 cm³/mol. The van der Waals surface area contributed by atoms with Crippen LogP contribution in [0.3, 0.4) is 0 Å². The summed E-state index contributed by atoms with van der Waals surface area (Å²) < 4.78 is 4.82. The lowest BCUT2D eigenvalue weighted by atomic mass is 10.4. The van der Waals surface area contributed by atoms with Gasteiger partial charge in [-0.2, -0.15) is 0 Å². The third-order valence-corrected chi connectivity index (χ3v) is 1.12. The average Bonchev–Trinajstić information content (AvgIpc) is 2.37. The summed E-state index contributed by atoms with van der Waals surface area (Å²) in [6.45, 7) is 0.584. The first-order chi connectivity index (χ1) is 4.86. The van der Waals surface area contributed by atoms with Crippen molar-refractivity contribution in [3.8, 4) is 0 Å². The molecule has 1 aromatic rings. The van der Waals surface area contributed by atoms with Gasteiger partial charge in [0, 0.05) is 6.07 Å². The van der Waals surface area contributed by atoms with E-state index in [-0.39, 0.29) is 6.61 Å². The van der Waals surface area contributed by atoms with Gasteiger partial charge in [-0.05, 0) is 7.05 Å². The fourth-order valence-corrected chi connectivity index (χ4v) is 0.688. The van der Waals surface area contributed by atoms with Crippen LogP contribution in [0.2, 0.25) is 0 Å². The van der Waals surface area contributed by atoms with Crippen molar-refractivity contribution in [2.75, 3.05) is 7.05 Å². The molecule has 0 aliphatic heterocycles. The Morgan fingerprint density at radius 2 is 2.60 bits per heavy atom. The molecule has 0 unspecified atom stereocenters. The molecule has 2 N–H and O–H groups in total. The Morgan fingerprint density at radius 3 is 3.10 bits per heavy atom. The molecule has 0 saturated heterocycles. The number of aliphatic hydroxyl groups is 1. The van der Waals surface area contributed by atoms with Crippen LogP contribution in [0.4, 0.5) is 0 Å². The first-order valence-corrected chi connectivity index (χ1v) is 3.06. The minimum Gasteiger partial charge on any atom is -0.390 e. The molecular formula is C6H10N2O2. The molecule has 1 rings (SSSR count). The lowest BCUT2D eigenvalue weighted by molar-refractivity contribution is 0.265. The number of aromatic nitrogens is 1. The standard InChI is InChI=1S/C6H10N2O2/c1-7-3-6-2-5(4-9)8-10-6/h2,7,9H,3-4H2,1H3. The molecule has 56 valence electrons. The third-order valence-electron chi connectivity index (χ3n) is 1.12. The molecule has 1 aromatic heterocycles. The number of hydrogen-bond acceptors (Lipinski definition) is 4. The second-order valence-corrected chi connectivity index (χ2v) is 1.97. The first-order valence-electron chi connectivity index (χ1n) is 3.06. The van der Waals surface area contributed by atoms with Crippen molar-refractivity contribution in [3.05, 3.63) is 17.5 Å². The summed E-state index contributed by atoms with van der Waals surface area (Å²) in [5.41, 5.74) is 0.574. The van der Waals surface area contributed by atoms with E-state index in [1.807, 2.05) is 7.05 Å². The van der Waals surface area contributed by atoms with Crippen molar-refractivity contribution in [1.82, 2.24) is 10.5 Å². The molecule has 0 fully saturated rings. The predicted octanol–water partition coefficient (Wildman–Crippen LogP) is -0.114. The molecule has 0 aliphatic carbocycles. The zero-order chi connectivity index (χ0) is 7.40. The quantitative estimate of drug-likeness (QED) is 0.618. The molecule has 0 spiro atoms.